The Kier molecular flexibility index (Phi) is 6.52. The fourth-order valence-corrected chi connectivity index (χ4v) is 5.85. The quantitative estimate of drug-likeness (QED) is 0.737. The lowest BCUT2D eigenvalue weighted by molar-refractivity contribution is -0.00700. The number of piperidine rings is 1. The third kappa shape index (κ3) is 5.63. The number of anilines is 1. The number of alkyl carbamates (subject to hydrolysis) is 1. The lowest BCUT2D eigenvalue weighted by Crippen LogP contribution is -2.55. The maximum absolute atomic E-state index is 12.1. The Labute approximate surface area is 190 Å². The summed E-state index contributed by atoms with van der Waals surface area (Å²) in [5, 5.41) is 3.04. The van der Waals surface area contributed by atoms with Crippen molar-refractivity contribution in [3.63, 3.8) is 0 Å². The molecule has 2 heterocycles. The van der Waals surface area contributed by atoms with Gasteiger partial charge in [0.25, 0.3) is 0 Å². The van der Waals surface area contributed by atoms with Gasteiger partial charge in [-0.3, -0.25) is 4.57 Å². The lowest BCUT2D eigenvalue weighted by Gasteiger charge is -2.52. The number of nitrogens with one attached hydrogen (secondary N) is 1. The molecule has 2 aliphatic carbocycles. The minimum atomic E-state index is -0.446. The molecule has 3 fully saturated rings. The molecule has 0 aromatic carbocycles. The van der Waals surface area contributed by atoms with E-state index in [0.717, 1.165) is 58.2 Å². The number of nitrogens with two attached hydrogens (primary N) is 1. The normalized spacial score (nSPS) is 26.5. The van der Waals surface area contributed by atoms with E-state index in [1.54, 1.807) is 16.8 Å². The van der Waals surface area contributed by atoms with E-state index >= 15 is 0 Å². The van der Waals surface area contributed by atoms with Crippen LogP contribution in [0.5, 0.6) is 0 Å². The predicted molar refractivity (Wildman–Crippen MR) is 124 cm³/mol. The number of nitrogens with zero attached hydrogens (tertiary/aromatic N) is 3. The summed E-state index contributed by atoms with van der Waals surface area (Å²) in [5.41, 5.74) is 5.35. The molecule has 1 spiro atoms. The van der Waals surface area contributed by atoms with Crippen LogP contribution in [-0.4, -0.2) is 51.8 Å². The van der Waals surface area contributed by atoms with Gasteiger partial charge in [0, 0.05) is 24.8 Å². The number of aromatic nitrogens is 2. The first kappa shape index (κ1) is 23.1. The van der Waals surface area contributed by atoms with E-state index in [2.05, 4.69) is 15.2 Å². The molecule has 8 nitrogen and oxygen atoms in total. The lowest BCUT2D eigenvalue weighted by atomic mass is 9.60. The van der Waals surface area contributed by atoms with E-state index in [-0.39, 0.29) is 23.9 Å². The van der Waals surface area contributed by atoms with Crippen molar-refractivity contribution >= 4 is 11.9 Å². The molecule has 32 heavy (non-hydrogen) atoms. The zero-order chi connectivity index (χ0) is 22.9. The SMILES string of the molecule is CC(C)(C)OC(=O)NC1CC2(CCN(CC3CCC(n4ccc(N)nc4=O)CC3)CC2)C1. The largest absolute Gasteiger partial charge is 0.444 e. The Morgan fingerprint density at radius 3 is 2.47 bits per heavy atom. The molecule has 1 saturated heterocycles. The van der Waals surface area contributed by atoms with Gasteiger partial charge >= 0.3 is 11.8 Å². The summed E-state index contributed by atoms with van der Waals surface area (Å²) in [6.07, 6.45) is 10.5. The Balaban J connectivity index is 1.16. The van der Waals surface area contributed by atoms with Gasteiger partial charge < -0.3 is 20.7 Å². The smallest absolute Gasteiger partial charge is 0.407 e. The highest BCUT2D eigenvalue weighted by atomic mass is 16.6. The number of likely N-dealkylation sites (tertiary alicyclic amines) is 1. The second-order valence-electron chi connectivity index (χ2n) is 11.3. The molecule has 2 saturated carbocycles. The van der Waals surface area contributed by atoms with Gasteiger partial charge in [0.15, 0.2) is 0 Å². The molecule has 4 rings (SSSR count). The van der Waals surface area contributed by atoms with Crippen LogP contribution in [0.1, 0.15) is 78.2 Å². The van der Waals surface area contributed by atoms with Gasteiger partial charge in [0.05, 0.1) is 0 Å². The van der Waals surface area contributed by atoms with Crippen LogP contribution in [0.4, 0.5) is 10.6 Å². The van der Waals surface area contributed by atoms with Crippen molar-refractivity contribution in [2.24, 2.45) is 11.3 Å². The monoisotopic (exact) mass is 445 g/mol. The first-order valence-corrected chi connectivity index (χ1v) is 12.2. The van der Waals surface area contributed by atoms with E-state index in [9.17, 15) is 9.59 Å². The van der Waals surface area contributed by atoms with E-state index in [4.69, 9.17) is 10.5 Å². The first-order valence-electron chi connectivity index (χ1n) is 12.2. The third-order valence-electron chi connectivity index (χ3n) is 7.57. The van der Waals surface area contributed by atoms with Crippen molar-refractivity contribution in [3.8, 4) is 0 Å². The van der Waals surface area contributed by atoms with Crippen LogP contribution in [0.3, 0.4) is 0 Å². The van der Waals surface area contributed by atoms with Crippen molar-refractivity contribution in [2.45, 2.75) is 89.8 Å². The zero-order valence-electron chi connectivity index (χ0n) is 19.8. The summed E-state index contributed by atoms with van der Waals surface area (Å²) < 4.78 is 7.14. The first-order chi connectivity index (χ1) is 15.1. The van der Waals surface area contributed by atoms with Crippen molar-refractivity contribution in [1.82, 2.24) is 19.8 Å². The number of carbonyl (C=O) groups excluding carboxylic acids is 1. The molecule has 3 aliphatic rings. The molecule has 1 aliphatic heterocycles. The topological polar surface area (TPSA) is 102 Å². The van der Waals surface area contributed by atoms with E-state index < -0.39 is 5.60 Å². The Morgan fingerprint density at radius 1 is 1.22 bits per heavy atom. The van der Waals surface area contributed by atoms with Crippen LogP contribution < -0.4 is 16.7 Å². The Morgan fingerprint density at radius 2 is 1.88 bits per heavy atom. The second-order valence-corrected chi connectivity index (χ2v) is 11.3. The van der Waals surface area contributed by atoms with Gasteiger partial charge in [-0.25, -0.2) is 9.59 Å². The molecule has 0 unspecified atom stereocenters. The van der Waals surface area contributed by atoms with Crippen molar-refractivity contribution in [3.05, 3.63) is 22.7 Å². The zero-order valence-corrected chi connectivity index (χ0v) is 19.8. The Hall–Kier alpha value is -2.09. The molecule has 1 aromatic rings. The molecule has 1 amide bonds. The molecule has 3 N–H and O–H groups in total. The predicted octanol–water partition coefficient (Wildman–Crippen LogP) is 3.33. The van der Waals surface area contributed by atoms with Crippen LogP contribution in [0.25, 0.3) is 0 Å². The van der Waals surface area contributed by atoms with Gasteiger partial charge in [0.1, 0.15) is 11.4 Å². The highest BCUT2D eigenvalue weighted by molar-refractivity contribution is 5.68. The molecule has 0 radical (unpaired) electrons. The van der Waals surface area contributed by atoms with Crippen LogP contribution in [0.15, 0.2) is 17.1 Å². The number of amides is 1. The van der Waals surface area contributed by atoms with Gasteiger partial charge in [0.2, 0.25) is 0 Å². The molecule has 8 heteroatoms. The van der Waals surface area contributed by atoms with E-state index in [0.29, 0.717) is 17.2 Å². The van der Waals surface area contributed by atoms with Gasteiger partial charge in [-0.1, -0.05) is 0 Å². The van der Waals surface area contributed by atoms with Gasteiger partial charge in [-0.05, 0) is 103 Å². The summed E-state index contributed by atoms with van der Waals surface area (Å²) in [6.45, 7) is 9.16. The number of carbonyl (C=O) groups is 1. The number of hydrogen-bond donors (Lipinski definition) is 2. The van der Waals surface area contributed by atoms with Crippen molar-refractivity contribution < 1.29 is 9.53 Å². The molecule has 0 atom stereocenters. The standard InChI is InChI=1S/C24H39N5O3/c1-23(2,3)32-22(31)26-18-14-24(15-18)9-12-28(13-10-24)16-17-4-6-19(7-5-17)29-11-8-20(25)27-21(29)30/h8,11,17-19H,4-7,9-10,12-16H2,1-3H3,(H,26,31)(H2,25,27,30). The minimum Gasteiger partial charge on any atom is -0.444 e. The molecule has 178 valence electrons. The fourth-order valence-electron chi connectivity index (χ4n) is 5.85. The second kappa shape index (κ2) is 9.04. The summed E-state index contributed by atoms with van der Waals surface area (Å²) >= 11 is 0. The molecular weight excluding hydrogens is 406 g/mol. The van der Waals surface area contributed by atoms with Gasteiger partial charge in [-0.2, -0.15) is 4.98 Å². The number of hydrogen-bond acceptors (Lipinski definition) is 6. The van der Waals surface area contributed by atoms with Crippen LogP contribution in [0.2, 0.25) is 0 Å². The fraction of sp³-hybridized carbons (Fsp3) is 0.792. The van der Waals surface area contributed by atoms with Crippen molar-refractivity contribution in [2.75, 3.05) is 25.4 Å². The summed E-state index contributed by atoms with van der Waals surface area (Å²) in [7, 11) is 0. The highest BCUT2D eigenvalue weighted by Gasteiger charge is 2.46. The third-order valence-corrected chi connectivity index (χ3v) is 7.57. The highest BCUT2D eigenvalue weighted by Crippen LogP contribution is 2.49. The summed E-state index contributed by atoms with van der Waals surface area (Å²) in [6, 6.07) is 2.23. The van der Waals surface area contributed by atoms with Crippen LogP contribution >= 0.6 is 0 Å². The van der Waals surface area contributed by atoms with Crippen LogP contribution in [-0.2, 0) is 4.74 Å². The number of rotatable bonds is 4. The van der Waals surface area contributed by atoms with Gasteiger partial charge in [-0.15, -0.1) is 0 Å². The molecule has 0 bridgehead atoms. The maximum atomic E-state index is 12.1. The number of nitrogen functional groups attached to an aromatic ring is 1. The minimum absolute atomic E-state index is 0.227. The Bertz CT molecular complexity index is 853. The summed E-state index contributed by atoms with van der Waals surface area (Å²) in [5.74, 6) is 1.00. The molecular formula is C24H39N5O3. The maximum Gasteiger partial charge on any atom is 0.407 e. The average Bonchev–Trinajstić information content (AvgIpc) is 2.68. The van der Waals surface area contributed by atoms with E-state index in [1.165, 1.54) is 12.8 Å². The van der Waals surface area contributed by atoms with Crippen molar-refractivity contribution in [1.29, 1.82) is 0 Å². The van der Waals surface area contributed by atoms with Crippen LogP contribution in [0, 0.1) is 11.3 Å². The molecule has 1 aromatic heterocycles. The summed E-state index contributed by atoms with van der Waals surface area (Å²) in [4.78, 5) is 30.6. The number of ether oxygens (including phenoxy) is 1. The average molecular weight is 446 g/mol. The van der Waals surface area contributed by atoms with E-state index in [1.807, 2.05) is 20.8 Å².